The van der Waals surface area contributed by atoms with Gasteiger partial charge in [-0.15, -0.1) is 0 Å². The number of methoxy groups -OCH3 is 2. The van der Waals surface area contributed by atoms with Crippen molar-refractivity contribution in [2.45, 2.75) is 26.4 Å². The molecule has 6 nitrogen and oxygen atoms in total. The van der Waals surface area contributed by atoms with Gasteiger partial charge in [0.25, 0.3) is 0 Å². The Labute approximate surface area is 118 Å². The topological polar surface area (TPSA) is 69.2 Å². The van der Waals surface area contributed by atoms with Gasteiger partial charge < -0.3 is 14.2 Å². The molecule has 20 heavy (non-hydrogen) atoms. The van der Waals surface area contributed by atoms with E-state index in [0.717, 1.165) is 5.56 Å². The van der Waals surface area contributed by atoms with E-state index in [2.05, 4.69) is 10.5 Å². The van der Waals surface area contributed by atoms with Crippen molar-refractivity contribution in [2.75, 3.05) is 14.2 Å². The molecule has 1 rings (SSSR count). The first-order valence-electron chi connectivity index (χ1n) is 6.10. The van der Waals surface area contributed by atoms with E-state index < -0.39 is 11.7 Å². The summed E-state index contributed by atoms with van der Waals surface area (Å²) in [5.74, 6) is 1.22. The first-order chi connectivity index (χ1) is 9.35. The fourth-order valence-electron chi connectivity index (χ4n) is 1.39. The molecule has 1 aromatic carbocycles. The Kier molecular flexibility index (Phi) is 5.37. The SMILES string of the molecule is COc1ccc(C=NNC(=O)OC(C)(C)C)cc1OC. The fourth-order valence-corrected chi connectivity index (χ4v) is 1.39. The van der Waals surface area contributed by atoms with Crippen molar-refractivity contribution < 1.29 is 19.0 Å². The third kappa shape index (κ3) is 5.17. The summed E-state index contributed by atoms with van der Waals surface area (Å²) in [5.41, 5.74) is 2.50. The maximum atomic E-state index is 11.4. The Morgan fingerprint density at radius 1 is 1.20 bits per heavy atom. The van der Waals surface area contributed by atoms with E-state index in [-0.39, 0.29) is 0 Å². The van der Waals surface area contributed by atoms with Gasteiger partial charge in [-0.25, -0.2) is 10.2 Å². The molecule has 0 saturated carbocycles. The Balaban J connectivity index is 2.65. The van der Waals surface area contributed by atoms with Gasteiger partial charge in [0.05, 0.1) is 20.4 Å². The zero-order chi connectivity index (χ0) is 15.2. The fraction of sp³-hybridized carbons (Fsp3) is 0.429. The van der Waals surface area contributed by atoms with Gasteiger partial charge in [0.2, 0.25) is 0 Å². The van der Waals surface area contributed by atoms with Crippen LogP contribution in [0.3, 0.4) is 0 Å². The molecule has 0 bridgehead atoms. The molecule has 0 aliphatic carbocycles. The zero-order valence-electron chi connectivity index (χ0n) is 12.4. The van der Waals surface area contributed by atoms with Crippen LogP contribution in [0.5, 0.6) is 11.5 Å². The molecule has 0 saturated heterocycles. The Morgan fingerprint density at radius 3 is 2.40 bits per heavy atom. The van der Waals surface area contributed by atoms with Crippen molar-refractivity contribution in [3.05, 3.63) is 23.8 Å². The van der Waals surface area contributed by atoms with Crippen molar-refractivity contribution in [1.29, 1.82) is 0 Å². The third-order valence-corrected chi connectivity index (χ3v) is 2.18. The molecular weight excluding hydrogens is 260 g/mol. The molecule has 0 aliphatic rings. The molecule has 0 unspecified atom stereocenters. The average molecular weight is 280 g/mol. The minimum Gasteiger partial charge on any atom is -0.493 e. The van der Waals surface area contributed by atoms with Crippen molar-refractivity contribution in [2.24, 2.45) is 5.10 Å². The number of carbonyl (C=O) groups excluding carboxylic acids is 1. The van der Waals surface area contributed by atoms with Crippen LogP contribution >= 0.6 is 0 Å². The number of hydrogen-bond acceptors (Lipinski definition) is 5. The molecule has 0 fully saturated rings. The second-order valence-electron chi connectivity index (χ2n) is 4.99. The molecule has 0 heterocycles. The van der Waals surface area contributed by atoms with E-state index in [9.17, 15) is 4.79 Å². The highest BCUT2D eigenvalue weighted by Crippen LogP contribution is 2.26. The van der Waals surface area contributed by atoms with Crippen LogP contribution in [-0.2, 0) is 4.74 Å². The Bertz CT molecular complexity index is 492. The number of hydrazone groups is 1. The average Bonchev–Trinajstić information content (AvgIpc) is 2.36. The first-order valence-corrected chi connectivity index (χ1v) is 6.10. The highest BCUT2D eigenvalue weighted by atomic mass is 16.6. The largest absolute Gasteiger partial charge is 0.493 e. The summed E-state index contributed by atoms with van der Waals surface area (Å²) in [4.78, 5) is 11.4. The van der Waals surface area contributed by atoms with E-state index in [1.165, 1.54) is 6.21 Å². The van der Waals surface area contributed by atoms with Crippen LogP contribution in [0.15, 0.2) is 23.3 Å². The number of ether oxygens (including phenoxy) is 3. The van der Waals surface area contributed by atoms with E-state index in [4.69, 9.17) is 14.2 Å². The minimum atomic E-state index is -0.603. The van der Waals surface area contributed by atoms with Crippen LogP contribution in [0.4, 0.5) is 4.79 Å². The summed E-state index contributed by atoms with van der Waals surface area (Å²) < 4.78 is 15.3. The van der Waals surface area contributed by atoms with Crippen LogP contribution < -0.4 is 14.9 Å². The molecule has 110 valence electrons. The van der Waals surface area contributed by atoms with E-state index in [1.54, 1.807) is 53.2 Å². The molecule has 0 aliphatic heterocycles. The summed E-state index contributed by atoms with van der Waals surface area (Å²) >= 11 is 0. The van der Waals surface area contributed by atoms with Crippen LogP contribution in [-0.4, -0.2) is 32.1 Å². The van der Waals surface area contributed by atoms with Gasteiger partial charge in [-0.1, -0.05) is 0 Å². The zero-order valence-corrected chi connectivity index (χ0v) is 12.4. The maximum absolute atomic E-state index is 11.4. The smallest absolute Gasteiger partial charge is 0.428 e. The van der Waals surface area contributed by atoms with Crippen molar-refractivity contribution in [1.82, 2.24) is 5.43 Å². The number of hydrogen-bond donors (Lipinski definition) is 1. The van der Waals surface area contributed by atoms with Crippen molar-refractivity contribution in [3.8, 4) is 11.5 Å². The molecule has 6 heteroatoms. The molecular formula is C14H20N2O4. The summed E-state index contributed by atoms with van der Waals surface area (Å²) in [5, 5.41) is 3.81. The minimum absolute atomic E-state index is 0.553. The number of nitrogens with one attached hydrogen (secondary N) is 1. The number of nitrogens with zero attached hydrogens (tertiary/aromatic N) is 1. The number of benzene rings is 1. The maximum Gasteiger partial charge on any atom is 0.428 e. The number of carbonyl (C=O) groups is 1. The van der Waals surface area contributed by atoms with Crippen LogP contribution in [0.1, 0.15) is 26.3 Å². The monoisotopic (exact) mass is 280 g/mol. The van der Waals surface area contributed by atoms with Crippen molar-refractivity contribution in [3.63, 3.8) is 0 Å². The van der Waals surface area contributed by atoms with Gasteiger partial charge in [0, 0.05) is 0 Å². The van der Waals surface area contributed by atoms with Crippen LogP contribution in [0, 0.1) is 0 Å². The van der Waals surface area contributed by atoms with Gasteiger partial charge in [0.15, 0.2) is 11.5 Å². The summed E-state index contributed by atoms with van der Waals surface area (Å²) in [6.45, 7) is 5.35. The van der Waals surface area contributed by atoms with E-state index in [0.29, 0.717) is 11.5 Å². The lowest BCUT2D eigenvalue weighted by Gasteiger charge is -2.18. The van der Waals surface area contributed by atoms with E-state index >= 15 is 0 Å². The normalized spacial score (nSPS) is 11.2. The Hall–Kier alpha value is -2.24. The quantitative estimate of drug-likeness (QED) is 0.679. The van der Waals surface area contributed by atoms with Gasteiger partial charge in [0.1, 0.15) is 5.60 Å². The highest BCUT2D eigenvalue weighted by molar-refractivity contribution is 5.82. The molecule has 1 amide bonds. The second kappa shape index (κ2) is 6.79. The molecule has 0 radical (unpaired) electrons. The lowest BCUT2D eigenvalue weighted by Crippen LogP contribution is -2.29. The van der Waals surface area contributed by atoms with Gasteiger partial charge >= 0.3 is 6.09 Å². The lowest BCUT2D eigenvalue weighted by atomic mass is 10.2. The molecule has 0 atom stereocenters. The van der Waals surface area contributed by atoms with E-state index in [1.807, 2.05) is 0 Å². The summed E-state index contributed by atoms with van der Waals surface area (Å²) in [7, 11) is 3.12. The van der Waals surface area contributed by atoms with Gasteiger partial charge in [-0.05, 0) is 44.5 Å². The standard InChI is InChI=1S/C14H20N2O4/c1-14(2,3)20-13(17)16-15-9-10-6-7-11(18-4)12(8-10)19-5/h6-9H,1-5H3,(H,16,17). The van der Waals surface area contributed by atoms with Crippen LogP contribution in [0.25, 0.3) is 0 Å². The molecule has 0 spiro atoms. The van der Waals surface area contributed by atoms with Gasteiger partial charge in [-0.3, -0.25) is 0 Å². The van der Waals surface area contributed by atoms with Crippen molar-refractivity contribution >= 4 is 12.3 Å². The number of rotatable bonds is 4. The predicted octanol–water partition coefficient (Wildman–Crippen LogP) is 2.56. The lowest BCUT2D eigenvalue weighted by molar-refractivity contribution is 0.0529. The predicted molar refractivity (Wildman–Crippen MR) is 76.5 cm³/mol. The Morgan fingerprint density at radius 2 is 1.85 bits per heavy atom. The summed E-state index contributed by atoms with van der Waals surface area (Å²) in [6, 6.07) is 5.30. The second-order valence-corrected chi connectivity index (χ2v) is 4.99. The highest BCUT2D eigenvalue weighted by Gasteiger charge is 2.15. The number of amides is 1. The first kappa shape index (κ1) is 15.8. The molecule has 1 N–H and O–H groups in total. The van der Waals surface area contributed by atoms with Gasteiger partial charge in [-0.2, -0.15) is 5.10 Å². The molecule has 1 aromatic rings. The third-order valence-electron chi connectivity index (χ3n) is 2.18. The van der Waals surface area contributed by atoms with Crippen LogP contribution in [0.2, 0.25) is 0 Å². The summed E-state index contributed by atoms with van der Waals surface area (Å²) in [6.07, 6.45) is 0.889. The molecule has 0 aromatic heterocycles.